The summed E-state index contributed by atoms with van der Waals surface area (Å²) >= 11 is 0. The average molecular weight is 303 g/mol. The topological polar surface area (TPSA) is 95.2 Å². The summed E-state index contributed by atoms with van der Waals surface area (Å²) in [6.45, 7) is 1.74. The first-order chi connectivity index (χ1) is 10.7. The van der Waals surface area contributed by atoms with Crippen LogP contribution in [0.15, 0.2) is 18.2 Å². The average Bonchev–Trinajstić information content (AvgIpc) is 3.21. The van der Waals surface area contributed by atoms with Crippen LogP contribution >= 0.6 is 0 Å². The summed E-state index contributed by atoms with van der Waals surface area (Å²) in [6.07, 6.45) is 3.71. The molecule has 0 aliphatic carbocycles. The summed E-state index contributed by atoms with van der Waals surface area (Å²) < 4.78 is 0. The van der Waals surface area contributed by atoms with Crippen molar-refractivity contribution in [3.8, 4) is 0 Å². The fraction of sp³-hybridized carbons (Fsp3) is 0.533. The molecule has 0 bridgehead atoms. The highest BCUT2D eigenvalue weighted by molar-refractivity contribution is 5.96. The van der Waals surface area contributed by atoms with Crippen LogP contribution in [0, 0.1) is 0 Å². The molecule has 0 spiro atoms. The van der Waals surface area contributed by atoms with Gasteiger partial charge in [0.05, 0.1) is 12.1 Å². The number of hydrogen-bond acceptors (Lipinski definition) is 5. The number of aromatic nitrogens is 1. The minimum atomic E-state index is -0.150. The van der Waals surface area contributed by atoms with Gasteiger partial charge in [-0.25, -0.2) is 4.98 Å². The highest BCUT2D eigenvalue weighted by Crippen LogP contribution is 2.13. The summed E-state index contributed by atoms with van der Waals surface area (Å²) in [5.74, 6) is 0.753. The van der Waals surface area contributed by atoms with Crippen molar-refractivity contribution in [2.75, 3.05) is 23.7 Å². The third-order valence-electron chi connectivity index (χ3n) is 4.01. The zero-order chi connectivity index (χ0) is 15.4. The molecule has 1 aromatic rings. The third-order valence-corrected chi connectivity index (χ3v) is 4.01. The molecule has 22 heavy (non-hydrogen) atoms. The van der Waals surface area contributed by atoms with Gasteiger partial charge in [0.25, 0.3) is 0 Å². The Morgan fingerprint density at radius 2 is 1.45 bits per heavy atom. The molecule has 4 N–H and O–H groups in total. The fourth-order valence-corrected chi connectivity index (χ4v) is 2.82. The SMILES string of the molecule is O=C(Nc1cccc(NC(=O)[C@@H]2CCCN2)n1)[C@@H]1CCCN1. The number of carbonyl (C=O) groups is 2. The summed E-state index contributed by atoms with van der Waals surface area (Å²) in [5.41, 5.74) is 0. The van der Waals surface area contributed by atoms with E-state index in [9.17, 15) is 9.59 Å². The highest BCUT2D eigenvalue weighted by atomic mass is 16.2. The van der Waals surface area contributed by atoms with Gasteiger partial charge in [-0.2, -0.15) is 0 Å². The van der Waals surface area contributed by atoms with E-state index < -0.39 is 0 Å². The van der Waals surface area contributed by atoms with Crippen molar-refractivity contribution >= 4 is 23.5 Å². The van der Waals surface area contributed by atoms with Gasteiger partial charge >= 0.3 is 0 Å². The normalized spacial score (nSPS) is 24.2. The van der Waals surface area contributed by atoms with E-state index in [1.165, 1.54) is 0 Å². The lowest BCUT2D eigenvalue weighted by atomic mass is 10.2. The van der Waals surface area contributed by atoms with Gasteiger partial charge in [0.15, 0.2) is 0 Å². The molecule has 3 rings (SSSR count). The molecule has 2 aliphatic rings. The molecule has 3 heterocycles. The molecule has 7 heteroatoms. The van der Waals surface area contributed by atoms with E-state index in [0.717, 1.165) is 38.8 Å². The van der Waals surface area contributed by atoms with Gasteiger partial charge in [-0.3, -0.25) is 9.59 Å². The van der Waals surface area contributed by atoms with E-state index >= 15 is 0 Å². The number of nitrogens with one attached hydrogen (secondary N) is 4. The second-order valence-electron chi connectivity index (χ2n) is 5.68. The summed E-state index contributed by atoms with van der Waals surface area (Å²) in [7, 11) is 0. The maximum absolute atomic E-state index is 12.0. The van der Waals surface area contributed by atoms with Crippen molar-refractivity contribution in [2.24, 2.45) is 0 Å². The molecule has 0 radical (unpaired) electrons. The minimum Gasteiger partial charge on any atom is -0.309 e. The Hall–Kier alpha value is -1.99. The van der Waals surface area contributed by atoms with Crippen LogP contribution in [0.4, 0.5) is 11.6 Å². The Bertz CT molecular complexity index is 505. The molecule has 2 saturated heterocycles. The standard InChI is InChI=1S/C15H21N5O2/c21-14(10-4-2-8-16-10)19-12-6-1-7-13(18-12)20-15(22)11-5-3-9-17-11/h1,6-7,10-11,16-17H,2-5,8-9H2,(H2,18,19,20,21,22)/t10-,11-/m0/s1. The van der Waals surface area contributed by atoms with Crippen LogP contribution in [0.2, 0.25) is 0 Å². The zero-order valence-corrected chi connectivity index (χ0v) is 12.4. The first kappa shape index (κ1) is 14.9. The van der Waals surface area contributed by atoms with Crippen LogP contribution in [-0.4, -0.2) is 42.0 Å². The number of pyridine rings is 1. The Balaban J connectivity index is 1.59. The van der Waals surface area contributed by atoms with Gasteiger partial charge in [0.1, 0.15) is 11.6 Å². The molecule has 0 aromatic carbocycles. The maximum Gasteiger partial charge on any atom is 0.242 e. The molecule has 2 amide bonds. The Labute approximate surface area is 129 Å². The minimum absolute atomic E-state index is 0.0778. The molecular weight excluding hydrogens is 282 g/mol. The molecule has 0 saturated carbocycles. The van der Waals surface area contributed by atoms with Crippen LogP contribution in [0.25, 0.3) is 0 Å². The van der Waals surface area contributed by atoms with Crippen LogP contribution in [-0.2, 0) is 9.59 Å². The summed E-state index contributed by atoms with van der Waals surface area (Å²) in [5, 5.41) is 11.9. The van der Waals surface area contributed by atoms with E-state index in [1.54, 1.807) is 18.2 Å². The van der Waals surface area contributed by atoms with Crippen molar-refractivity contribution in [1.82, 2.24) is 15.6 Å². The van der Waals surface area contributed by atoms with Gasteiger partial charge in [-0.1, -0.05) is 6.07 Å². The van der Waals surface area contributed by atoms with E-state index in [0.29, 0.717) is 11.6 Å². The largest absolute Gasteiger partial charge is 0.309 e. The smallest absolute Gasteiger partial charge is 0.242 e. The van der Waals surface area contributed by atoms with Crippen LogP contribution in [0.3, 0.4) is 0 Å². The summed E-state index contributed by atoms with van der Waals surface area (Å²) in [4.78, 5) is 28.4. The maximum atomic E-state index is 12.0. The second kappa shape index (κ2) is 6.85. The fourth-order valence-electron chi connectivity index (χ4n) is 2.82. The molecule has 1 aromatic heterocycles. The van der Waals surface area contributed by atoms with E-state index in [1.807, 2.05) is 0 Å². The Morgan fingerprint density at radius 1 is 0.955 bits per heavy atom. The molecule has 2 aliphatic heterocycles. The molecule has 2 atom stereocenters. The zero-order valence-electron chi connectivity index (χ0n) is 12.4. The second-order valence-corrected chi connectivity index (χ2v) is 5.68. The van der Waals surface area contributed by atoms with Crippen molar-refractivity contribution in [3.63, 3.8) is 0 Å². The quantitative estimate of drug-likeness (QED) is 0.648. The third kappa shape index (κ3) is 3.61. The number of rotatable bonds is 4. The van der Waals surface area contributed by atoms with E-state index in [2.05, 4.69) is 26.3 Å². The van der Waals surface area contributed by atoms with E-state index in [4.69, 9.17) is 0 Å². The number of nitrogens with zero attached hydrogens (tertiary/aromatic N) is 1. The van der Waals surface area contributed by atoms with Crippen molar-refractivity contribution in [2.45, 2.75) is 37.8 Å². The van der Waals surface area contributed by atoms with Crippen molar-refractivity contribution in [1.29, 1.82) is 0 Å². The van der Waals surface area contributed by atoms with Crippen LogP contribution in [0.1, 0.15) is 25.7 Å². The van der Waals surface area contributed by atoms with Gasteiger partial charge in [0.2, 0.25) is 11.8 Å². The number of carbonyl (C=O) groups excluding carboxylic acids is 2. The number of anilines is 2. The number of amides is 2. The highest BCUT2D eigenvalue weighted by Gasteiger charge is 2.23. The van der Waals surface area contributed by atoms with Crippen LogP contribution < -0.4 is 21.3 Å². The number of hydrogen-bond donors (Lipinski definition) is 4. The van der Waals surface area contributed by atoms with Crippen LogP contribution in [0.5, 0.6) is 0 Å². The van der Waals surface area contributed by atoms with Gasteiger partial charge in [-0.05, 0) is 50.9 Å². The lowest BCUT2D eigenvalue weighted by molar-refractivity contribution is -0.118. The first-order valence-electron chi connectivity index (χ1n) is 7.78. The molecule has 0 unspecified atom stereocenters. The predicted molar refractivity (Wildman–Crippen MR) is 83.5 cm³/mol. The molecule has 7 nitrogen and oxygen atoms in total. The van der Waals surface area contributed by atoms with E-state index in [-0.39, 0.29) is 23.9 Å². The molecule has 118 valence electrons. The lowest BCUT2D eigenvalue weighted by Gasteiger charge is -2.13. The first-order valence-corrected chi connectivity index (χ1v) is 7.78. The predicted octanol–water partition coefficient (Wildman–Crippen LogP) is 0.463. The van der Waals surface area contributed by atoms with Gasteiger partial charge in [0, 0.05) is 0 Å². The molecule has 2 fully saturated rings. The Morgan fingerprint density at radius 3 is 1.86 bits per heavy atom. The monoisotopic (exact) mass is 303 g/mol. The van der Waals surface area contributed by atoms with Gasteiger partial charge in [-0.15, -0.1) is 0 Å². The lowest BCUT2D eigenvalue weighted by Crippen LogP contribution is -2.36. The Kier molecular flexibility index (Phi) is 4.65. The summed E-state index contributed by atoms with van der Waals surface area (Å²) in [6, 6.07) is 4.90. The van der Waals surface area contributed by atoms with Crippen molar-refractivity contribution < 1.29 is 9.59 Å². The van der Waals surface area contributed by atoms with Crippen molar-refractivity contribution in [3.05, 3.63) is 18.2 Å². The molecular formula is C15H21N5O2. The van der Waals surface area contributed by atoms with Gasteiger partial charge < -0.3 is 21.3 Å².